The molecule has 2 N–H and O–H groups in total. The number of ether oxygens (including phenoxy) is 2. The van der Waals surface area contributed by atoms with Gasteiger partial charge in [-0.25, -0.2) is 0 Å². The molecule has 3 aromatic rings. The van der Waals surface area contributed by atoms with Gasteiger partial charge in [-0.15, -0.1) is 0 Å². The first-order valence-corrected chi connectivity index (χ1v) is 9.12. The van der Waals surface area contributed by atoms with Gasteiger partial charge in [-0.1, -0.05) is 18.2 Å². The largest absolute Gasteiger partial charge is 0.497 e. The van der Waals surface area contributed by atoms with Gasteiger partial charge in [0.2, 0.25) is 0 Å². The van der Waals surface area contributed by atoms with Crippen LogP contribution in [0.15, 0.2) is 42.5 Å². The summed E-state index contributed by atoms with van der Waals surface area (Å²) in [5.74, 6) is 1.49. The summed E-state index contributed by atoms with van der Waals surface area (Å²) in [6.45, 7) is 4.06. The highest BCUT2D eigenvalue weighted by atomic mass is 16.5. The van der Waals surface area contributed by atoms with Crippen molar-refractivity contribution in [2.45, 2.75) is 32.7 Å². The molecule has 1 amide bonds. The quantitative estimate of drug-likeness (QED) is 0.657. The molecule has 0 saturated heterocycles. The lowest BCUT2D eigenvalue weighted by atomic mass is 10.0. The van der Waals surface area contributed by atoms with E-state index in [1.165, 1.54) is 0 Å². The molecule has 3 rings (SSSR count). The maximum absolute atomic E-state index is 12.6. The highest BCUT2D eigenvalue weighted by molar-refractivity contribution is 5.98. The minimum absolute atomic E-state index is 0.0387. The van der Waals surface area contributed by atoms with Gasteiger partial charge in [0.15, 0.2) is 0 Å². The zero-order valence-electron chi connectivity index (χ0n) is 16.3. The molecule has 1 unspecified atom stereocenters. The van der Waals surface area contributed by atoms with Crippen LogP contribution in [0.3, 0.4) is 0 Å². The number of amides is 1. The Bertz CT molecular complexity index is 946. The number of rotatable bonds is 7. The van der Waals surface area contributed by atoms with Crippen molar-refractivity contribution in [2.24, 2.45) is 0 Å². The Morgan fingerprint density at radius 3 is 2.67 bits per heavy atom. The van der Waals surface area contributed by atoms with Crippen LogP contribution in [0.25, 0.3) is 10.9 Å². The number of benzene rings is 2. The zero-order valence-corrected chi connectivity index (χ0v) is 16.3. The maximum Gasteiger partial charge on any atom is 0.267 e. The molecule has 0 spiro atoms. The van der Waals surface area contributed by atoms with Crippen LogP contribution in [0, 0.1) is 6.92 Å². The topological polar surface area (TPSA) is 63.3 Å². The predicted octanol–water partition coefficient (Wildman–Crippen LogP) is 4.24. The average Bonchev–Trinajstić information content (AvgIpc) is 3.12. The standard InChI is InChI=1S/C22H26N2O3/c1-14-6-5-7-19-18(14)13-20(24-19)22(25)23-15(2)8-9-16-10-11-17(26-3)12-21(16)27-4/h5-7,10-13,15,24H,8-9H2,1-4H3,(H,23,25). The summed E-state index contributed by atoms with van der Waals surface area (Å²) in [5, 5.41) is 4.15. The number of hydrogen-bond donors (Lipinski definition) is 2. The number of aromatic nitrogens is 1. The average molecular weight is 366 g/mol. The number of nitrogens with one attached hydrogen (secondary N) is 2. The molecule has 1 atom stereocenters. The molecule has 0 aliphatic heterocycles. The Hall–Kier alpha value is -2.95. The molecule has 0 aliphatic carbocycles. The van der Waals surface area contributed by atoms with Gasteiger partial charge in [-0.2, -0.15) is 0 Å². The van der Waals surface area contributed by atoms with Crippen LogP contribution >= 0.6 is 0 Å². The first-order chi connectivity index (χ1) is 13.0. The molecule has 1 heterocycles. The summed E-state index contributed by atoms with van der Waals surface area (Å²) >= 11 is 0. The molecular formula is C22H26N2O3. The van der Waals surface area contributed by atoms with Crippen molar-refractivity contribution in [3.05, 3.63) is 59.3 Å². The second-order valence-electron chi connectivity index (χ2n) is 6.81. The molecule has 27 heavy (non-hydrogen) atoms. The van der Waals surface area contributed by atoms with Crippen molar-refractivity contribution >= 4 is 16.8 Å². The van der Waals surface area contributed by atoms with E-state index in [0.717, 1.165) is 46.4 Å². The molecule has 0 radical (unpaired) electrons. The van der Waals surface area contributed by atoms with Crippen molar-refractivity contribution in [1.82, 2.24) is 10.3 Å². The predicted molar refractivity (Wildman–Crippen MR) is 108 cm³/mol. The van der Waals surface area contributed by atoms with Gasteiger partial charge in [0.1, 0.15) is 17.2 Å². The number of aromatic amines is 1. The Balaban J connectivity index is 1.62. The lowest BCUT2D eigenvalue weighted by molar-refractivity contribution is 0.0934. The molecule has 0 saturated carbocycles. The summed E-state index contributed by atoms with van der Waals surface area (Å²) in [6, 6.07) is 13.8. The first kappa shape index (κ1) is 18.8. The van der Waals surface area contributed by atoms with E-state index in [4.69, 9.17) is 9.47 Å². The molecule has 0 bridgehead atoms. The van der Waals surface area contributed by atoms with Crippen molar-refractivity contribution in [2.75, 3.05) is 14.2 Å². The normalized spacial score (nSPS) is 12.0. The van der Waals surface area contributed by atoms with Gasteiger partial charge in [0.25, 0.3) is 5.91 Å². The fraction of sp³-hybridized carbons (Fsp3) is 0.318. The minimum atomic E-state index is -0.0835. The number of fused-ring (bicyclic) bond motifs is 1. The van der Waals surface area contributed by atoms with Crippen LogP contribution in [0.4, 0.5) is 0 Å². The van der Waals surface area contributed by atoms with Crippen LogP contribution in [-0.2, 0) is 6.42 Å². The van der Waals surface area contributed by atoms with Crippen molar-refractivity contribution < 1.29 is 14.3 Å². The van der Waals surface area contributed by atoms with Crippen molar-refractivity contribution in [3.63, 3.8) is 0 Å². The molecule has 142 valence electrons. The summed E-state index contributed by atoms with van der Waals surface area (Å²) < 4.78 is 10.7. The van der Waals surface area contributed by atoms with E-state index in [2.05, 4.69) is 10.3 Å². The monoisotopic (exact) mass is 366 g/mol. The van der Waals surface area contributed by atoms with Crippen LogP contribution in [0.1, 0.15) is 35.0 Å². The molecular weight excluding hydrogens is 340 g/mol. The third-order valence-electron chi connectivity index (χ3n) is 4.85. The highest BCUT2D eigenvalue weighted by Gasteiger charge is 2.14. The molecule has 1 aromatic heterocycles. The number of hydrogen-bond acceptors (Lipinski definition) is 3. The van der Waals surface area contributed by atoms with E-state index in [9.17, 15) is 4.79 Å². The first-order valence-electron chi connectivity index (χ1n) is 9.12. The second-order valence-corrected chi connectivity index (χ2v) is 6.81. The van der Waals surface area contributed by atoms with Gasteiger partial charge in [-0.05, 0) is 56.0 Å². The Morgan fingerprint density at radius 1 is 1.15 bits per heavy atom. The molecule has 5 nitrogen and oxygen atoms in total. The van der Waals surface area contributed by atoms with Crippen LogP contribution in [0.2, 0.25) is 0 Å². The zero-order chi connectivity index (χ0) is 19.4. The number of aryl methyl sites for hydroxylation is 2. The molecule has 0 fully saturated rings. The Kier molecular flexibility index (Phi) is 5.69. The van der Waals surface area contributed by atoms with E-state index < -0.39 is 0 Å². The SMILES string of the molecule is COc1ccc(CCC(C)NC(=O)c2cc3c(C)cccc3[nH]2)c(OC)c1. The summed E-state index contributed by atoms with van der Waals surface area (Å²) in [7, 11) is 3.29. The molecule has 0 aliphatic rings. The van der Waals surface area contributed by atoms with Gasteiger partial charge in [0.05, 0.1) is 14.2 Å². The highest BCUT2D eigenvalue weighted by Crippen LogP contribution is 2.26. The van der Waals surface area contributed by atoms with E-state index in [-0.39, 0.29) is 11.9 Å². The van der Waals surface area contributed by atoms with Gasteiger partial charge < -0.3 is 19.8 Å². The number of H-pyrrole nitrogens is 1. The van der Waals surface area contributed by atoms with Gasteiger partial charge in [-0.3, -0.25) is 4.79 Å². The maximum atomic E-state index is 12.6. The van der Waals surface area contributed by atoms with Crippen LogP contribution < -0.4 is 14.8 Å². The smallest absolute Gasteiger partial charge is 0.267 e. The van der Waals surface area contributed by atoms with Crippen LogP contribution in [-0.4, -0.2) is 31.2 Å². The van der Waals surface area contributed by atoms with E-state index in [1.54, 1.807) is 14.2 Å². The number of carbonyl (C=O) groups excluding carboxylic acids is 1. The Labute approximate surface area is 159 Å². The fourth-order valence-electron chi connectivity index (χ4n) is 3.23. The lowest BCUT2D eigenvalue weighted by Crippen LogP contribution is -2.33. The number of methoxy groups -OCH3 is 2. The molecule has 2 aromatic carbocycles. The second kappa shape index (κ2) is 8.16. The van der Waals surface area contributed by atoms with Crippen molar-refractivity contribution in [3.8, 4) is 11.5 Å². The van der Waals surface area contributed by atoms with Crippen molar-refractivity contribution in [1.29, 1.82) is 0 Å². The third kappa shape index (κ3) is 4.25. The van der Waals surface area contributed by atoms with E-state index >= 15 is 0 Å². The lowest BCUT2D eigenvalue weighted by Gasteiger charge is -2.15. The minimum Gasteiger partial charge on any atom is -0.497 e. The van der Waals surface area contributed by atoms with Gasteiger partial charge in [0, 0.05) is 23.0 Å². The third-order valence-corrected chi connectivity index (χ3v) is 4.85. The summed E-state index contributed by atoms with van der Waals surface area (Å²) in [6.07, 6.45) is 1.62. The fourth-order valence-corrected chi connectivity index (χ4v) is 3.23. The number of carbonyl (C=O) groups is 1. The van der Waals surface area contributed by atoms with Crippen LogP contribution in [0.5, 0.6) is 11.5 Å². The van der Waals surface area contributed by atoms with E-state index in [1.807, 2.05) is 56.3 Å². The molecule has 5 heteroatoms. The van der Waals surface area contributed by atoms with E-state index in [0.29, 0.717) is 5.69 Å². The van der Waals surface area contributed by atoms with Gasteiger partial charge >= 0.3 is 0 Å². The summed E-state index contributed by atoms with van der Waals surface area (Å²) in [5.41, 5.74) is 3.83. The summed E-state index contributed by atoms with van der Waals surface area (Å²) in [4.78, 5) is 15.8. The Morgan fingerprint density at radius 2 is 1.96 bits per heavy atom.